The van der Waals surface area contributed by atoms with Crippen LogP contribution in [0.3, 0.4) is 0 Å². The lowest BCUT2D eigenvalue weighted by molar-refractivity contribution is 0.0963. The summed E-state index contributed by atoms with van der Waals surface area (Å²) in [4.78, 5) is 23.5. The van der Waals surface area contributed by atoms with Crippen molar-refractivity contribution in [1.82, 2.24) is 20.4 Å². The van der Waals surface area contributed by atoms with E-state index in [4.69, 9.17) is 9.73 Å². The van der Waals surface area contributed by atoms with Crippen LogP contribution in [0.4, 0.5) is 10.5 Å². The highest BCUT2D eigenvalue weighted by Gasteiger charge is 2.24. The van der Waals surface area contributed by atoms with Crippen LogP contribution >= 0.6 is 0 Å². The highest BCUT2D eigenvalue weighted by Crippen LogP contribution is 2.15. The molecule has 3 rings (SSSR count). The van der Waals surface area contributed by atoms with Gasteiger partial charge in [0.2, 0.25) is 0 Å². The average molecular weight is 445 g/mol. The number of piperidine rings is 1. The number of piperazine rings is 1. The van der Waals surface area contributed by atoms with Crippen LogP contribution in [0.25, 0.3) is 0 Å². The van der Waals surface area contributed by atoms with E-state index in [2.05, 4.69) is 57.7 Å². The summed E-state index contributed by atoms with van der Waals surface area (Å²) < 4.78 is 5.10. The number of para-hydroxylation sites is 1. The molecule has 2 saturated heterocycles. The fourth-order valence-corrected chi connectivity index (χ4v) is 4.29. The van der Waals surface area contributed by atoms with Crippen molar-refractivity contribution in [2.45, 2.75) is 39.2 Å². The number of carbonyl (C=O) groups excluding carboxylic acids is 1. The van der Waals surface area contributed by atoms with Gasteiger partial charge in [0.05, 0.1) is 6.61 Å². The van der Waals surface area contributed by atoms with Crippen molar-refractivity contribution in [2.24, 2.45) is 4.99 Å². The second-order valence-corrected chi connectivity index (χ2v) is 8.38. The van der Waals surface area contributed by atoms with Gasteiger partial charge < -0.3 is 25.2 Å². The summed E-state index contributed by atoms with van der Waals surface area (Å²) in [5.41, 5.74) is 1.33. The molecular formula is C24H40N6O2. The normalized spacial score (nSPS) is 18.5. The molecule has 0 atom stereocenters. The lowest BCUT2D eigenvalue weighted by atomic mass is 10.1. The van der Waals surface area contributed by atoms with Crippen LogP contribution in [0.2, 0.25) is 0 Å². The van der Waals surface area contributed by atoms with E-state index in [0.717, 1.165) is 84.1 Å². The van der Waals surface area contributed by atoms with Gasteiger partial charge in [-0.25, -0.2) is 4.79 Å². The number of rotatable bonds is 8. The van der Waals surface area contributed by atoms with Crippen molar-refractivity contribution in [2.75, 3.05) is 70.4 Å². The third-order valence-corrected chi connectivity index (χ3v) is 6.10. The summed E-state index contributed by atoms with van der Waals surface area (Å²) in [6, 6.07) is 11.0. The minimum Gasteiger partial charge on any atom is -0.450 e. The monoisotopic (exact) mass is 444 g/mol. The number of likely N-dealkylation sites (tertiary alicyclic amines) is 1. The number of hydrogen-bond acceptors (Lipinski definition) is 5. The topological polar surface area (TPSA) is 72.4 Å². The molecule has 8 heteroatoms. The molecule has 2 aliphatic heterocycles. The zero-order valence-corrected chi connectivity index (χ0v) is 19.8. The number of amides is 1. The van der Waals surface area contributed by atoms with Crippen LogP contribution in [0.1, 0.15) is 33.1 Å². The molecule has 8 nitrogen and oxygen atoms in total. The fourth-order valence-electron chi connectivity index (χ4n) is 4.29. The maximum Gasteiger partial charge on any atom is 0.409 e. The highest BCUT2D eigenvalue weighted by molar-refractivity contribution is 5.80. The minimum absolute atomic E-state index is 0.198. The molecule has 1 amide bonds. The quantitative estimate of drug-likeness (QED) is 0.364. The number of carbonyl (C=O) groups is 1. The standard InChI is InChI=1S/C24H40N6O2/c1-3-25-23(27-21-11-15-30(16-12-21)24(31)32-4-2)26-13-8-14-28-17-19-29(20-18-28)22-9-6-5-7-10-22/h5-7,9-10,21H,3-4,8,11-20H2,1-2H3,(H2,25,26,27). The molecule has 0 radical (unpaired) electrons. The first-order chi connectivity index (χ1) is 15.7. The lowest BCUT2D eigenvalue weighted by Crippen LogP contribution is -2.50. The van der Waals surface area contributed by atoms with Crippen molar-refractivity contribution in [3.63, 3.8) is 0 Å². The van der Waals surface area contributed by atoms with E-state index < -0.39 is 0 Å². The molecule has 0 bridgehead atoms. The molecule has 2 fully saturated rings. The van der Waals surface area contributed by atoms with Crippen molar-refractivity contribution >= 4 is 17.7 Å². The third-order valence-electron chi connectivity index (χ3n) is 6.10. The lowest BCUT2D eigenvalue weighted by Gasteiger charge is -2.36. The van der Waals surface area contributed by atoms with Crippen LogP contribution in [-0.4, -0.2) is 93.4 Å². The van der Waals surface area contributed by atoms with Gasteiger partial charge in [-0.15, -0.1) is 0 Å². The van der Waals surface area contributed by atoms with Gasteiger partial charge in [0.1, 0.15) is 0 Å². The predicted molar refractivity (Wildman–Crippen MR) is 130 cm³/mol. The Kier molecular flexibility index (Phi) is 9.94. The zero-order valence-electron chi connectivity index (χ0n) is 19.8. The molecule has 178 valence electrons. The Morgan fingerprint density at radius 1 is 1.06 bits per heavy atom. The van der Waals surface area contributed by atoms with Crippen LogP contribution in [-0.2, 0) is 4.74 Å². The van der Waals surface area contributed by atoms with Crippen molar-refractivity contribution in [1.29, 1.82) is 0 Å². The van der Waals surface area contributed by atoms with E-state index >= 15 is 0 Å². The third kappa shape index (κ3) is 7.58. The molecule has 0 aromatic heterocycles. The Morgan fingerprint density at radius 2 is 1.78 bits per heavy atom. The van der Waals surface area contributed by atoms with Crippen molar-refractivity contribution in [3.8, 4) is 0 Å². The van der Waals surface area contributed by atoms with Crippen molar-refractivity contribution in [3.05, 3.63) is 30.3 Å². The van der Waals surface area contributed by atoms with E-state index in [9.17, 15) is 4.79 Å². The van der Waals surface area contributed by atoms with E-state index in [1.54, 1.807) is 4.90 Å². The fraction of sp³-hybridized carbons (Fsp3) is 0.667. The molecule has 32 heavy (non-hydrogen) atoms. The van der Waals surface area contributed by atoms with Crippen LogP contribution < -0.4 is 15.5 Å². The highest BCUT2D eigenvalue weighted by atomic mass is 16.6. The number of aliphatic imine (C=N–C) groups is 1. The molecule has 2 aliphatic rings. The summed E-state index contributed by atoms with van der Waals surface area (Å²) in [6.07, 6.45) is 2.68. The van der Waals surface area contributed by atoms with Crippen molar-refractivity contribution < 1.29 is 9.53 Å². The van der Waals surface area contributed by atoms with Crippen LogP contribution in [0, 0.1) is 0 Å². The number of hydrogen-bond donors (Lipinski definition) is 2. The Balaban J connectivity index is 1.34. The van der Waals surface area contributed by atoms with Gasteiger partial charge in [-0.2, -0.15) is 0 Å². The van der Waals surface area contributed by atoms with Gasteiger partial charge in [0.15, 0.2) is 5.96 Å². The largest absolute Gasteiger partial charge is 0.450 e. The Hall–Kier alpha value is -2.48. The van der Waals surface area contributed by atoms with Gasteiger partial charge >= 0.3 is 6.09 Å². The molecule has 2 N–H and O–H groups in total. The van der Waals surface area contributed by atoms with Gasteiger partial charge in [-0.05, 0) is 45.2 Å². The molecule has 2 heterocycles. The van der Waals surface area contributed by atoms with E-state index in [0.29, 0.717) is 12.6 Å². The first-order valence-corrected chi connectivity index (χ1v) is 12.2. The van der Waals surface area contributed by atoms with Gasteiger partial charge in [-0.3, -0.25) is 9.89 Å². The number of ether oxygens (including phenoxy) is 1. The number of benzene rings is 1. The zero-order chi connectivity index (χ0) is 22.6. The summed E-state index contributed by atoms with van der Waals surface area (Å²) in [6.45, 7) is 12.9. The van der Waals surface area contributed by atoms with Crippen LogP contribution in [0.15, 0.2) is 35.3 Å². The van der Waals surface area contributed by atoms with E-state index in [1.165, 1.54) is 5.69 Å². The van der Waals surface area contributed by atoms with E-state index in [1.807, 2.05) is 6.92 Å². The Bertz CT molecular complexity index is 698. The molecule has 0 unspecified atom stereocenters. The summed E-state index contributed by atoms with van der Waals surface area (Å²) in [7, 11) is 0. The molecule has 1 aromatic rings. The minimum atomic E-state index is -0.198. The average Bonchev–Trinajstić information content (AvgIpc) is 2.83. The number of guanidine groups is 1. The van der Waals surface area contributed by atoms with Gasteiger partial charge in [0.25, 0.3) is 0 Å². The van der Waals surface area contributed by atoms with Gasteiger partial charge in [0, 0.05) is 70.6 Å². The molecule has 0 saturated carbocycles. The maximum absolute atomic E-state index is 11.9. The summed E-state index contributed by atoms with van der Waals surface area (Å²) in [5, 5.41) is 6.91. The first-order valence-electron chi connectivity index (χ1n) is 12.2. The van der Waals surface area contributed by atoms with E-state index in [-0.39, 0.29) is 6.09 Å². The second-order valence-electron chi connectivity index (χ2n) is 8.38. The number of anilines is 1. The van der Waals surface area contributed by atoms with Gasteiger partial charge in [-0.1, -0.05) is 18.2 Å². The number of nitrogens with one attached hydrogen (secondary N) is 2. The Morgan fingerprint density at radius 3 is 2.44 bits per heavy atom. The number of nitrogens with zero attached hydrogens (tertiary/aromatic N) is 4. The maximum atomic E-state index is 11.9. The molecule has 0 spiro atoms. The molecule has 1 aromatic carbocycles. The second kappa shape index (κ2) is 13.2. The summed E-state index contributed by atoms with van der Waals surface area (Å²) >= 11 is 0. The molecular weight excluding hydrogens is 404 g/mol. The smallest absolute Gasteiger partial charge is 0.409 e. The predicted octanol–water partition coefficient (Wildman–Crippen LogP) is 2.37. The Labute approximate surface area is 193 Å². The SMILES string of the molecule is CCNC(=NCCCN1CCN(c2ccccc2)CC1)NC1CCN(C(=O)OCC)CC1. The summed E-state index contributed by atoms with van der Waals surface area (Å²) in [5.74, 6) is 0.885. The first kappa shape index (κ1) is 24.2. The van der Waals surface area contributed by atoms with Crippen LogP contribution in [0.5, 0.6) is 0 Å². The molecule has 0 aliphatic carbocycles.